The largest absolute Gasteiger partial charge is 0.507 e. The van der Waals surface area contributed by atoms with E-state index in [4.69, 9.17) is 20.1 Å². The van der Waals surface area contributed by atoms with Gasteiger partial charge in [0.2, 0.25) is 11.6 Å². The van der Waals surface area contributed by atoms with Gasteiger partial charge in [0.15, 0.2) is 32.6 Å². The van der Waals surface area contributed by atoms with Crippen molar-refractivity contribution in [2.75, 3.05) is 7.11 Å². The van der Waals surface area contributed by atoms with Crippen molar-refractivity contribution in [3.8, 4) is 17.2 Å². The predicted octanol–water partition coefficient (Wildman–Crippen LogP) is 1.45. The molecule has 9 nitrogen and oxygen atoms in total. The third-order valence-corrected chi connectivity index (χ3v) is 7.33. The van der Waals surface area contributed by atoms with Gasteiger partial charge in [-0.05, 0) is 34.9 Å². The van der Waals surface area contributed by atoms with Crippen molar-refractivity contribution in [2.45, 2.75) is 19.8 Å². The highest BCUT2D eigenvalue weighted by molar-refractivity contribution is 6.43. The molecule has 0 amide bonds. The average Bonchev–Trinajstić information content (AvgIpc) is 3.02. The van der Waals surface area contributed by atoms with E-state index in [0.717, 1.165) is 38.5 Å². The van der Waals surface area contributed by atoms with E-state index in [9.17, 15) is 9.90 Å². The highest BCUT2D eigenvalue weighted by Crippen LogP contribution is 2.25. The number of ether oxygens (including phenoxy) is 3. The zero-order valence-corrected chi connectivity index (χ0v) is 26.0. The number of hydrogen-bond acceptors (Lipinski definition) is 7. The Morgan fingerprint density at radius 2 is 1.47 bits per heavy atom. The molecular weight excluding hydrogens is 574 g/mol. The van der Waals surface area contributed by atoms with Crippen molar-refractivity contribution in [1.29, 1.82) is 0 Å². The van der Waals surface area contributed by atoms with Crippen LogP contribution in [0.25, 0.3) is 5.76 Å². The molecule has 0 bridgehead atoms. The molecule has 4 aromatic rings. The van der Waals surface area contributed by atoms with Crippen LogP contribution in [-0.4, -0.2) is 56.4 Å². The first-order chi connectivity index (χ1) is 20.9. The fourth-order valence-electron chi connectivity index (χ4n) is 4.06. The zero-order chi connectivity index (χ0) is 30.6. The minimum atomic E-state index is -0.563. The Kier molecular flexibility index (Phi) is 11.8. The molecular formula is C32H31Al2N4O5+. The minimum Gasteiger partial charge on any atom is -0.507 e. The summed E-state index contributed by atoms with van der Waals surface area (Å²) in [5, 5.41) is 11.1. The van der Waals surface area contributed by atoms with Crippen LogP contribution >= 0.6 is 0 Å². The van der Waals surface area contributed by atoms with Crippen LogP contribution in [0.4, 0.5) is 0 Å². The van der Waals surface area contributed by atoms with Gasteiger partial charge in [-0.15, -0.1) is 0 Å². The molecule has 0 fully saturated rings. The molecule has 0 atom stereocenters. The van der Waals surface area contributed by atoms with Crippen LogP contribution in [0.5, 0.6) is 17.2 Å². The summed E-state index contributed by atoms with van der Waals surface area (Å²) in [6.45, 7) is 0.825. The topological polar surface area (TPSA) is 132 Å². The Hall–Kier alpha value is -4.06. The predicted molar refractivity (Wildman–Crippen MR) is 168 cm³/mol. The van der Waals surface area contributed by atoms with Gasteiger partial charge in [0.1, 0.15) is 36.2 Å². The highest BCUT2D eigenvalue weighted by Gasteiger charge is 2.16. The van der Waals surface area contributed by atoms with E-state index in [1.807, 2.05) is 78.9 Å². The van der Waals surface area contributed by atoms with Gasteiger partial charge in [-0.25, -0.2) is 0 Å². The minimum absolute atomic E-state index is 0.0288. The number of quaternary nitrogens is 1. The number of aliphatic hydroxyl groups excluding tert-OH is 1. The fraction of sp³-hybridized carbons (Fsp3) is 0.125. The number of methoxy groups -OCH3 is 1. The Labute approximate surface area is 267 Å². The number of amidine groups is 1. The summed E-state index contributed by atoms with van der Waals surface area (Å²) in [6, 6.07) is 28.4. The molecule has 4 aromatic carbocycles. The molecule has 0 saturated heterocycles. The second-order valence-electron chi connectivity index (χ2n) is 9.38. The molecule has 43 heavy (non-hydrogen) atoms. The number of nitrogens with one attached hydrogen (secondary N) is 1. The number of aliphatic imine (C=N–C) groups is 1. The van der Waals surface area contributed by atoms with Crippen molar-refractivity contribution in [2.24, 2.45) is 10.8 Å². The van der Waals surface area contributed by atoms with E-state index in [0.29, 0.717) is 34.7 Å². The number of rotatable bonds is 13. The SMILES string of the molecule is COc1ccc(CN=C(N[NH2+]N)C(=O)C=C(O)c2cc(OCc3ccccc3)[c]([Al])c(OCc3ccccc3)c2)c[c]1[Al]. The van der Waals surface area contributed by atoms with Crippen molar-refractivity contribution in [3.05, 3.63) is 119 Å². The summed E-state index contributed by atoms with van der Waals surface area (Å²) in [7, 11) is 1.60. The summed E-state index contributed by atoms with van der Waals surface area (Å²) in [4.78, 5) is 17.6. The van der Waals surface area contributed by atoms with Gasteiger partial charge in [0.05, 0.1) is 13.7 Å². The molecule has 6 N–H and O–H groups in total. The van der Waals surface area contributed by atoms with E-state index in [2.05, 4.69) is 43.0 Å². The van der Waals surface area contributed by atoms with Gasteiger partial charge in [0, 0.05) is 11.6 Å². The lowest BCUT2D eigenvalue weighted by molar-refractivity contribution is -0.708. The van der Waals surface area contributed by atoms with E-state index < -0.39 is 5.78 Å². The van der Waals surface area contributed by atoms with Gasteiger partial charge in [-0.2, -0.15) is 16.8 Å². The number of aliphatic hydroxyl groups is 1. The number of nitrogens with zero attached hydrogens (tertiary/aromatic N) is 1. The molecule has 0 unspecified atom stereocenters. The summed E-state index contributed by atoms with van der Waals surface area (Å²) in [5.74, 6) is 6.37. The summed E-state index contributed by atoms with van der Waals surface area (Å²) in [6.07, 6.45) is 1.09. The molecule has 11 heteroatoms. The first kappa shape index (κ1) is 31.9. The van der Waals surface area contributed by atoms with Gasteiger partial charge in [-0.1, -0.05) is 81.6 Å². The second-order valence-corrected chi connectivity index (χ2v) is 10.6. The maximum Gasteiger partial charge on any atom is 0.229 e. The van der Waals surface area contributed by atoms with Crippen LogP contribution in [0.15, 0.2) is 102 Å². The number of ketones is 1. The molecule has 4 radical (unpaired) electrons. The molecule has 0 aromatic heterocycles. The lowest BCUT2D eigenvalue weighted by atomic mass is 10.1. The number of hydrogen-bond donors (Lipinski definition) is 4. The third kappa shape index (κ3) is 9.21. The Balaban J connectivity index is 1.60. The van der Waals surface area contributed by atoms with Crippen LogP contribution in [-0.2, 0) is 24.6 Å². The van der Waals surface area contributed by atoms with E-state index >= 15 is 0 Å². The van der Waals surface area contributed by atoms with Crippen molar-refractivity contribution < 1.29 is 29.6 Å². The number of carbonyl (C=O) groups excluding carboxylic acids is 1. The quantitative estimate of drug-likeness (QED) is 0.0345. The van der Waals surface area contributed by atoms with Crippen molar-refractivity contribution >= 4 is 58.8 Å². The monoisotopic (exact) mass is 605 g/mol. The Bertz CT molecular complexity index is 1530. The van der Waals surface area contributed by atoms with Gasteiger partial charge in [0.25, 0.3) is 0 Å². The van der Waals surface area contributed by atoms with Gasteiger partial charge in [-0.3, -0.25) is 9.79 Å². The molecule has 0 heterocycles. The number of benzene rings is 4. The normalized spacial score (nSPS) is 11.6. The first-order valence-corrected chi connectivity index (χ1v) is 14.5. The average molecular weight is 606 g/mol. The summed E-state index contributed by atoms with van der Waals surface area (Å²) in [5.41, 5.74) is 6.95. The smallest absolute Gasteiger partial charge is 0.229 e. The molecule has 0 aliphatic rings. The summed E-state index contributed by atoms with van der Waals surface area (Å²) < 4.78 is 19.1. The van der Waals surface area contributed by atoms with Crippen LogP contribution in [0.3, 0.4) is 0 Å². The van der Waals surface area contributed by atoms with Crippen LogP contribution < -0.4 is 39.9 Å². The van der Waals surface area contributed by atoms with E-state index in [1.165, 1.54) is 0 Å². The molecule has 0 spiro atoms. The first-order valence-electron chi connectivity index (χ1n) is 13.4. The van der Waals surface area contributed by atoms with Gasteiger partial charge < -0.3 is 19.3 Å². The molecule has 0 saturated carbocycles. The zero-order valence-electron chi connectivity index (χ0n) is 23.7. The number of carbonyl (C=O) groups is 1. The van der Waals surface area contributed by atoms with Crippen molar-refractivity contribution in [1.82, 2.24) is 5.43 Å². The van der Waals surface area contributed by atoms with Crippen molar-refractivity contribution in [3.63, 3.8) is 0 Å². The van der Waals surface area contributed by atoms with E-state index in [1.54, 1.807) is 19.2 Å². The third-order valence-electron chi connectivity index (χ3n) is 6.31. The maximum absolute atomic E-state index is 13.2. The lowest BCUT2D eigenvalue weighted by Crippen LogP contribution is -3.00. The standard InChI is InChI=1S/C32H30N4O5.2Al/c1-39-27-14-12-23(13-15-27)20-34-32(35-36-33)31(38)19-30(37)26-16-28(40-21-24-8-4-2-5-9-24)18-29(17-26)41-22-25-10-6-3-7-11-25;;/h2-14,16-17,19,36-37H,20-22,33H2,1H3,(H,34,35);;/p+1. The second kappa shape index (κ2) is 16.0. The van der Waals surface area contributed by atoms with Crippen LogP contribution in [0, 0.1) is 0 Å². The highest BCUT2D eigenvalue weighted by atomic mass is 27.1. The Morgan fingerprint density at radius 1 is 0.884 bits per heavy atom. The van der Waals surface area contributed by atoms with E-state index in [-0.39, 0.29) is 18.1 Å². The lowest BCUT2D eigenvalue weighted by Gasteiger charge is -2.17. The number of nitrogens with two attached hydrogens (primary N) is 2. The Morgan fingerprint density at radius 3 is 1.98 bits per heavy atom. The maximum atomic E-state index is 13.2. The molecule has 0 aliphatic carbocycles. The summed E-state index contributed by atoms with van der Waals surface area (Å²) >= 11 is 5.25. The molecule has 0 aliphatic heterocycles. The molecule has 4 rings (SSSR count). The fourth-order valence-corrected chi connectivity index (χ4v) is 4.82. The van der Waals surface area contributed by atoms with Crippen LogP contribution in [0.2, 0.25) is 0 Å². The van der Waals surface area contributed by atoms with Crippen LogP contribution in [0.1, 0.15) is 22.3 Å². The molecule has 214 valence electrons. The van der Waals surface area contributed by atoms with Gasteiger partial charge >= 0.3 is 0 Å².